The molecule has 0 N–H and O–H groups in total. The van der Waals surface area contributed by atoms with Crippen molar-refractivity contribution < 1.29 is 37.9 Å². The zero-order valence-corrected chi connectivity index (χ0v) is 21.2. The lowest BCUT2D eigenvalue weighted by Crippen LogP contribution is -2.14. The number of hydrogen-bond donors (Lipinski definition) is 1. The first-order valence-corrected chi connectivity index (χ1v) is 12.7. The van der Waals surface area contributed by atoms with Crippen molar-refractivity contribution in [3.63, 3.8) is 0 Å². The highest BCUT2D eigenvalue weighted by Crippen LogP contribution is 2.05. The Morgan fingerprint density at radius 2 is 0.625 bits per heavy atom. The highest BCUT2D eigenvalue weighted by molar-refractivity contribution is 7.80. The van der Waals surface area contributed by atoms with Crippen LogP contribution >= 0.6 is 12.6 Å². The van der Waals surface area contributed by atoms with E-state index in [0.717, 1.165) is 18.8 Å². The van der Waals surface area contributed by atoms with Crippen LogP contribution in [-0.2, 0) is 37.9 Å². The Morgan fingerprint density at radius 3 is 0.969 bits per heavy atom. The molecule has 0 saturated carbocycles. The van der Waals surface area contributed by atoms with E-state index in [-0.39, 0.29) is 0 Å². The standard InChI is InChI=1S/C23H48O8S/c1-24-9-10-26-13-14-28-17-18-30-21-22-31-20-19-29-16-15-27-12-11-25-8-6-4-2-3-5-7-23-32/h32H,2-23H2,1H3. The van der Waals surface area contributed by atoms with Crippen LogP contribution in [0.3, 0.4) is 0 Å². The summed E-state index contributed by atoms with van der Waals surface area (Å²) in [5.74, 6) is 1.00. The molecular formula is C23H48O8S. The highest BCUT2D eigenvalue weighted by Gasteiger charge is 1.95. The van der Waals surface area contributed by atoms with E-state index in [9.17, 15) is 0 Å². The highest BCUT2D eigenvalue weighted by atomic mass is 32.1. The van der Waals surface area contributed by atoms with Crippen molar-refractivity contribution in [2.24, 2.45) is 0 Å². The second-order valence-corrected chi connectivity index (χ2v) is 7.57. The molecule has 0 saturated heterocycles. The van der Waals surface area contributed by atoms with Crippen molar-refractivity contribution in [2.75, 3.05) is 112 Å². The summed E-state index contributed by atoms with van der Waals surface area (Å²) in [5, 5.41) is 0. The number of thiol groups is 1. The van der Waals surface area contributed by atoms with Crippen LogP contribution in [0.2, 0.25) is 0 Å². The minimum Gasteiger partial charge on any atom is -0.382 e. The van der Waals surface area contributed by atoms with Crippen LogP contribution < -0.4 is 0 Å². The van der Waals surface area contributed by atoms with Crippen molar-refractivity contribution >= 4 is 12.6 Å². The number of hydrogen-bond acceptors (Lipinski definition) is 9. The second kappa shape index (κ2) is 31.0. The molecule has 9 heteroatoms. The molecule has 0 atom stereocenters. The zero-order valence-electron chi connectivity index (χ0n) is 20.3. The normalized spacial score (nSPS) is 11.4. The lowest BCUT2D eigenvalue weighted by Gasteiger charge is -2.08. The Hall–Kier alpha value is 0.0300. The molecule has 0 fully saturated rings. The van der Waals surface area contributed by atoms with Crippen LogP contribution in [0.25, 0.3) is 0 Å². The Bertz CT molecular complexity index is 296. The Morgan fingerprint density at radius 1 is 0.344 bits per heavy atom. The van der Waals surface area contributed by atoms with Gasteiger partial charge in [0, 0.05) is 13.7 Å². The summed E-state index contributed by atoms with van der Waals surface area (Å²) in [7, 11) is 1.65. The van der Waals surface area contributed by atoms with Gasteiger partial charge in [0.2, 0.25) is 0 Å². The molecule has 8 nitrogen and oxygen atoms in total. The van der Waals surface area contributed by atoms with Crippen molar-refractivity contribution in [1.82, 2.24) is 0 Å². The van der Waals surface area contributed by atoms with Gasteiger partial charge in [0.05, 0.1) is 92.5 Å². The number of ether oxygens (including phenoxy) is 8. The van der Waals surface area contributed by atoms with Gasteiger partial charge in [-0.15, -0.1) is 0 Å². The number of unbranched alkanes of at least 4 members (excludes halogenated alkanes) is 5. The van der Waals surface area contributed by atoms with Gasteiger partial charge in [0.1, 0.15) is 0 Å². The van der Waals surface area contributed by atoms with Crippen molar-refractivity contribution in [3.8, 4) is 0 Å². The molecule has 0 amide bonds. The van der Waals surface area contributed by atoms with Crippen LogP contribution in [0.5, 0.6) is 0 Å². The maximum atomic E-state index is 5.57. The van der Waals surface area contributed by atoms with Gasteiger partial charge >= 0.3 is 0 Å². The summed E-state index contributed by atoms with van der Waals surface area (Å²) in [6.07, 6.45) is 7.51. The van der Waals surface area contributed by atoms with Gasteiger partial charge in [-0.05, 0) is 18.6 Å². The second-order valence-electron chi connectivity index (χ2n) is 7.12. The van der Waals surface area contributed by atoms with Crippen molar-refractivity contribution in [2.45, 2.75) is 38.5 Å². The van der Waals surface area contributed by atoms with Gasteiger partial charge in [0.25, 0.3) is 0 Å². The molecule has 0 spiro atoms. The molecule has 0 bridgehead atoms. The maximum absolute atomic E-state index is 5.57. The van der Waals surface area contributed by atoms with Gasteiger partial charge in [-0.1, -0.05) is 25.7 Å². The predicted molar refractivity (Wildman–Crippen MR) is 129 cm³/mol. The van der Waals surface area contributed by atoms with Crippen molar-refractivity contribution in [1.29, 1.82) is 0 Å². The summed E-state index contributed by atoms with van der Waals surface area (Å²) in [6.45, 7) is 8.88. The fourth-order valence-electron chi connectivity index (χ4n) is 2.59. The monoisotopic (exact) mass is 484 g/mol. The number of methoxy groups -OCH3 is 1. The summed E-state index contributed by atoms with van der Waals surface area (Å²) < 4.78 is 43.0. The van der Waals surface area contributed by atoms with Crippen LogP contribution in [0.15, 0.2) is 0 Å². The largest absolute Gasteiger partial charge is 0.382 e. The smallest absolute Gasteiger partial charge is 0.0701 e. The molecule has 32 heavy (non-hydrogen) atoms. The molecule has 0 heterocycles. The quantitative estimate of drug-likeness (QED) is 0.128. The fourth-order valence-corrected chi connectivity index (χ4v) is 2.81. The molecule has 0 aliphatic carbocycles. The van der Waals surface area contributed by atoms with Crippen LogP contribution in [0.4, 0.5) is 0 Å². The average molecular weight is 485 g/mol. The Labute approximate surface area is 201 Å². The van der Waals surface area contributed by atoms with E-state index in [1.54, 1.807) is 7.11 Å². The summed E-state index contributed by atoms with van der Waals surface area (Å²) in [4.78, 5) is 0. The first-order chi connectivity index (χ1) is 15.9. The van der Waals surface area contributed by atoms with Gasteiger partial charge in [-0.2, -0.15) is 12.6 Å². The molecule has 0 radical (unpaired) electrons. The molecule has 0 aromatic rings. The Kier molecular flexibility index (Phi) is 31.1. The Balaban J connectivity index is 2.98. The van der Waals surface area contributed by atoms with Gasteiger partial charge in [-0.25, -0.2) is 0 Å². The van der Waals surface area contributed by atoms with Gasteiger partial charge < -0.3 is 37.9 Å². The molecule has 0 aliphatic heterocycles. The fraction of sp³-hybridized carbons (Fsp3) is 1.00. The molecular weight excluding hydrogens is 436 g/mol. The van der Waals surface area contributed by atoms with E-state index in [4.69, 9.17) is 37.9 Å². The number of rotatable bonds is 29. The summed E-state index contributed by atoms with van der Waals surface area (Å²) in [6, 6.07) is 0. The predicted octanol–water partition coefficient (Wildman–Crippen LogP) is 3.02. The lowest BCUT2D eigenvalue weighted by molar-refractivity contribution is -0.0221. The third-order valence-corrected chi connectivity index (χ3v) is 4.68. The maximum Gasteiger partial charge on any atom is 0.0701 e. The SMILES string of the molecule is COCCOCCOCCOCCOCCOCCOCCOCCCCCCCCS. The zero-order chi connectivity index (χ0) is 23.2. The van der Waals surface area contributed by atoms with E-state index < -0.39 is 0 Å². The summed E-state index contributed by atoms with van der Waals surface area (Å²) in [5.41, 5.74) is 0. The molecule has 0 rings (SSSR count). The van der Waals surface area contributed by atoms with Crippen LogP contribution in [0, 0.1) is 0 Å². The molecule has 194 valence electrons. The van der Waals surface area contributed by atoms with Gasteiger partial charge in [-0.3, -0.25) is 0 Å². The van der Waals surface area contributed by atoms with E-state index in [2.05, 4.69) is 12.6 Å². The first kappa shape index (κ1) is 32.0. The topological polar surface area (TPSA) is 73.8 Å². The molecule has 0 aromatic carbocycles. The van der Waals surface area contributed by atoms with E-state index in [1.807, 2.05) is 0 Å². The lowest BCUT2D eigenvalue weighted by atomic mass is 10.1. The average Bonchev–Trinajstić information content (AvgIpc) is 2.81. The molecule has 0 unspecified atom stereocenters. The van der Waals surface area contributed by atoms with Crippen LogP contribution in [-0.4, -0.2) is 112 Å². The molecule has 0 aliphatic rings. The minimum atomic E-state index is 0.548. The van der Waals surface area contributed by atoms with Gasteiger partial charge in [0.15, 0.2) is 0 Å². The van der Waals surface area contributed by atoms with E-state index >= 15 is 0 Å². The summed E-state index contributed by atoms with van der Waals surface area (Å²) >= 11 is 4.22. The van der Waals surface area contributed by atoms with Crippen LogP contribution in [0.1, 0.15) is 38.5 Å². The van der Waals surface area contributed by atoms with E-state index in [1.165, 1.54) is 32.1 Å². The van der Waals surface area contributed by atoms with Crippen molar-refractivity contribution in [3.05, 3.63) is 0 Å². The van der Waals surface area contributed by atoms with E-state index in [0.29, 0.717) is 92.5 Å². The third kappa shape index (κ3) is 30.0. The first-order valence-electron chi connectivity index (χ1n) is 12.1. The molecule has 0 aromatic heterocycles. The third-order valence-electron chi connectivity index (χ3n) is 4.36. The minimum absolute atomic E-state index is 0.548.